The molecule has 0 atom stereocenters. The van der Waals surface area contributed by atoms with Crippen molar-refractivity contribution in [2.45, 2.75) is 40.2 Å². The van der Waals surface area contributed by atoms with Gasteiger partial charge in [-0.1, -0.05) is 38.1 Å². The third kappa shape index (κ3) is 4.58. The predicted molar refractivity (Wildman–Crippen MR) is 98.0 cm³/mol. The van der Waals surface area contributed by atoms with Gasteiger partial charge in [-0.25, -0.2) is 0 Å². The Morgan fingerprint density at radius 2 is 2.00 bits per heavy atom. The van der Waals surface area contributed by atoms with E-state index in [2.05, 4.69) is 47.2 Å². The highest BCUT2D eigenvalue weighted by Gasteiger charge is 2.10. The maximum atomic E-state index is 11.7. The van der Waals surface area contributed by atoms with Gasteiger partial charge in [-0.3, -0.25) is 4.79 Å². The highest BCUT2D eigenvalue weighted by atomic mass is 79.9. The first-order valence-corrected chi connectivity index (χ1v) is 8.64. The minimum Gasteiger partial charge on any atom is -0.489 e. The van der Waals surface area contributed by atoms with Crippen LogP contribution in [0.3, 0.4) is 0 Å². The van der Waals surface area contributed by atoms with Crippen molar-refractivity contribution in [3.63, 3.8) is 0 Å². The molecule has 0 aromatic heterocycles. The van der Waals surface area contributed by atoms with E-state index in [4.69, 9.17) is 4.74 Å². The van der Waals surface area contributed by atoms with Gasteiger partial charge in [-0.15, -0.1) is 0 Å². The predicted octanol–water partition coefficient (Wildman–Crippen LogP) is 5.25. The smallest absolute Gasteiger partial charge is 0.224 e. The van der Waals surface area contributed by atoms with E-state index in [1.54, 1.807) is 0 Å². The van der Waals surface area contributed by atoms with Crippen molar-refractivity contribution >= 4 is 27.5 Å². The summed E-state index contributed by atoms with van der Waals surface area (Å²) in [5.74, 6) is 0.858. The Hall–Kier alpha value is -1.81. The summed E-state index contributed by atoms with van der Waals surface area (Å²) in [5.41, 5.74) is 4.15. The maximum absolute atomic E-state index is 11.7. The Kier molecular flexibility index (Phi) is 6.22. The normalized spacial score (nSPS) is 10.4. The van der Waals surface area contributed by atoms with E-state index in [1.807, 2.05) is 31.2 Å². The lowest BCUT2D eigenvalue weighted by Crippen LogP contribution is -2.12. The fourth-order valence-corrected chi connectivity index (χ4v) is 2.81. The van der Waals surface area contributed by atoms with E-state index in [0.29, 0.717) is 13.0 Å². The summed E-state index contributed by atoms with van der Waals surface area (Å²) in [6.07, 6.45) is 1.46. The number of hydrogen-bond donors (Lipinski definition) is 1. The van der Waals surface area contributed by atoms with Crippen molar-refractivity contribution in [2.75, 3.05) is 5.32 Å². The minimum absolute atomic E-state index is 0.0124. The molecule has 0 aliphatic rings. The Bertz CT molecular complexity index is 698. The van der Waals surface area contributed by atoms with Crippen LogP contribution in [0.1, 0.15) is 37.0 Å². The Balaban J connectivity index is 2.17. The molecule has 0 spiro atoms. The second-order valence-corrected chi connectivity index (χ2v) is 6.27. The molecule has 2 rings (SSSR count). The molecule has 2 aromatic carbocycles. The molecule has 1 amide bonds. The largest absolute Gasteiger partial charge is 0.489 e. The first-order valence-electron chi connectivity index (χ1n) is 7.84. The van der Waals surface area contributed by atoms with E-state index in [-0.39, 0.29) is 5.91 Å². The molecule has 0 saturated heterocycles. The van der Waals surface area contributed by atoms with Gasteiger partial charge in [0.05, 0.1) is 5.69 Å². The number of carbonyl (C=O) groups is 1. The number of hydrogen-bond acceptors (Lipinski definition) is 2. The molecule has 23 heavy (non-hydrogen) atoms. The molecule has 0 unspecified atom stereocenters. The van der Waals surface area contributed by atoms with E-state index >= 15 is 0 Å². The summed E-state index contributed by atoms with van der Waals surface area (Å²) in [6.45, 7) is 6.43. The molecule has 0 aliphatic heterocycles. The van der Waals surface area contributed by atoms with Gasteiger partial charge in [-0.2, -0.15) is 0 Å². The van der Waals surface area contributed by atoms with Gasteiger partial charge >= 0.3 is 0 Å². The highest BCUT2D eigenvalue weighted by molar-refractivity contribution is 9.10. The van der Waals surface area contributed by atoms with Gasteiger partial charge < -0.3 is 10.1 Å². The average molecular weight is 376 g/mol. The fourth-order valence-electron chi connectivity index (χ4n) is 2.31. The number of nitrogens with one attached hydrogen (secondary N) is 1. The number of halogens is 1. The lowest BCUT2D eigenvalue weighted by Gasteiger charge is -2.15. The number of carbonyl (C=O) groups excluding carboxylic acids is 1. The molecule has 0 radical (unpaired) electrons. The van der Waals surface area contributed by atoms with E-state index < -0.39 is 0 Å². The molecule has 1 N–H and O–H groups in total. The van der Waals surface area contributed by atoms with Crippen molar-refractivity contribution in [1.29, 1.82) is 0 Å². The van der Waals surface area contributed by atoms with Crippen LogP contribution in [-0.4, -0.2) is 5.91 Å². The molecule has 4 heteroatoms. The molecular weight excluding hydrogens is 354 g/mol. The van der Waals surface area contributed by atoms with Crippen molar-refractivity contribution < 1.29 is 9.53 Å². The number of anilines is 1. The van der Waals surface area contributed by atoms with Gasteiger partial charge in [0.25, 0.3) is 0 Å². The summed E-state index contributed by atoms with van der Waals surface area (Å²) in [7, 11) is 0. The van der Waals surface area contributed by atoms with Crippen LogP contribution in [0.2, 0.25) is 0 Å². The summed E-state index contributed by atoms with van der Waals surface area (Å²) in [5, 5.41) is 2.93. The van der Waals surface area contributed by atoms with Crippen LogP contribution in [-0.2, 0) is 17.8 Å². The van der Waals surface area contributed by atoms with Crippen LogP contribution in [0.5, 0.6) is 5.75 Å². The number of para-hydroxylation sites is 1. The lowest BCUT2D eigenvalue weighted by molar-refractivity contribution is -0.115. The van der Waals surface area contributed by atoms with E-state index in [9.17, 15) is 4.79 Å². The average Bonchev–Trinajstić information content (AvgIpc) is 2.56. The monoisotopic (exact) mass is 375 g/mol. The molecule has 0 bridgehead atoms. The van der Waals surface area contributed by atoms with Gasteiger partial charge in [0.2, 0.25) is 5.91 Å². The number of ether oxygens (including phenoxy) is 1. The van der Waals surface area contributed by atoms with Crippen LogP contribution >= 0.6 is 15.9 Å². The third-order valence-electron chi connectivity index (χ3n) is 3.72. The second-order valence-electron chi connectivity index (χ2n) is 5.42. The first-order chi connectivity index (χ1) is 11.0. The SMILES string of the molecule is CCC(=O)Nc1c(Br)cccc1COc1ccc(CC)cc1C. The van der Waals surface area contributed by atoms with E-state index in [0.717, 1.165) is 33.5 Å². The Morgan fingerprint density at radius 1 is 1.22 bits per heavy atom. The molecule has 0 saturated carbocycles. The van der Waals surface area contributed by atoms with Crippen molar-refractivity contribution in [3.05, 3.63) is 57.6 Å². The lowest BCUT2D eigenvalue weighted by atomic mass is 10.1. The molecule has 3 nitrogen and oxygen atoms in total. The van der Waals surface area contributed by atoms with Gasteiger partial charge in [0, 0.05) is 16.5 Å². The van der Waals surface area contributed by atoms with Gasteiger partial charge in [0.15, 0.2) is 0 Å². The topological polar surface area (TPSA) is 38.3 Å². The molecule has 0 fully saturated rings. The summed E-state index contributed by atoms with van der Waals surface area (Å²) in [4.78, 5) is 11.7. The van der Waals surface area contributed by atoms with Gasteiger partial charge in [-0.05, 0) is 52.5 Å². The zero-order valence-corrected chi connectivity index (χ0v) is 15.4. The molecular formula is C19H22BrNO2. The molecule has 2 aromatic rings. The van der Waals surface area contributed by atoms with Gasteiger partial charge in [0.1, 0.15) is 12.4 Å². The Labute approximate surface area is 146 Å². The number of aryl methyl sites for hydroxylation is 2. The summed E-state index contributed by atoms with van der Waals surface area (Å²) < 4.78 is 6.82. The van der Waals surface area contributed by atoms with Crippen molar-refractivity contribution in [2.24, 2.45) is 0 Å². The summed E-state index contributed by atoms with van der Waals surface area (Å²) >= 11 is 3.49. The van der Waals surface area contributed by atoms with E-state index in [1.165, 1.54) is 5.56 Å². The first kappa shape index (κ1) is 17.5. The molecule has 0 heterocycles. The maximum Gasteiger partial charge on any atom is 0.224 e. The molecule has 122 valence electrons. The standard InChI is InChI=1S/C19H22BrNO2/c1-4-14-9-10-17(13(3)11-14)23-12-15-7-6-8-16(20)19(15)21-18(22)5-2/h6-11H,4-5,12H2,1-3H3,(H,21,22). The number of benzene rings is 2. The zero-order chi connectivity index (χ0) is 16.8. The third-order valence-corrected chi connectivity index (χ3v) is 4.38. The second kappa shape index (κ2) is 8.16. The Morgan fingerprint density at radius 3 is 2.65 bits per heavy atom. The minimum atomic E-state index is -0.0124. The van der Waals surface area contributed by atoms with Crippen LogP contribution in [0.15, 0.2) is 40.9 Å². The molecule has 0 aliphatic carbocycles. The zero-order valence-electron chi connectivity index (χ0n) is 13.8. The quantitative estimate of drug-likeness (QED) is 0.748. The van der Waals surface area contributed by atoms with Crippen LogP contribution in [0.4, 0.5) is 5.69 Å². The van der Waals surface area contributed by atoms with Crippen LogP contribution in [0.25, 0.3) is 0 Å². The fraction of sp³-hybridized carbons (Fsp3) is 0.316. The highest BCUT2D eigenvalue weighted by Crippen LogP contribution is 2.28. The van der Waals surface area contributed by atoms with Crippen LogP contribution in [0, 0.1) is 6.92 Å². The summed E-state index contributed by atoms with van der Waals surface area (Å²) in [6, 6.07) is 12.1. The van der Waals surface area contributed by atoms with Crippen molar-refractivity contribution in [1.82, 2.24) is 0 Å². The van der Waals surface area contributed by atoms with Crippen molar-refractivity contribution in [3.8, 4) is 5.75 Å². The number of amides is 1. The van der Waals surface area contributed by atoms with Crippen LogP contribution < -0.4 is 10.1 Å². The number of rotatable bonds is 6.